The van der Waals surface area contributed by atoms with Crippen molar-refractivity contribution in [2.45, 2.75) is 18.9 Å². The molecule has 8 heteroatoms. The summed E-state index contributed by atoms with van der Waals surface area (Å²) in [4.78, 5) is 25.5. The van der Waals surface area contributed by atoms with Crippen LogP contribution in [0.1, 0.15) is 23.2 Å². The van der Waals surface area contributed by atoms with Crippen LogP contribution in [0.15, 0.2) is 48.5 Å². The highest BCUT2D eigenvalue weighted by Gasteiger charge is 2.25. The Bertz CT molecular complexity index is 801. The lowest BCUT2D eigenvalue weighted by Gasteiger charge is -2.32. The van der Waals surface area contributed by atoms with E-state index in [1.165, 1.54) is 6.07 Å². The molecular formula is C19H23ClN4O3. The van der Waals surface area contributed by atoms with Crippen LogP contribution in [0.25, 0.3) is 0 Å². The van der Waals surface area contributed by atoms with Crippen LogP contribution in [0.3, 0.4) is 0 Å². The number of halogens is 1. The number of para-hydroxylation sites is 1. The molecule has 3 rings (SSSR count). The molecule has 0 aromatic heterocycles. The third-order valence-electron chi connectivity index (χ3n) is 4.61. The fourth-order valence-electron chi connectivity index (χ4n) is 3.18. The van der Waals surface area contributed by atoms with Gasteiger partial charge in [-0.3, -0.25) is 14.9 Å². The van der Waals surface area contributed by atoms with Crippen LogP contribution < -0.4 is 10.6 Å². The van der Waals surface area contributed by atoms with Crippen molar-refractivity contribution < 1.29 is 9.72 Å². The average Bonchev–Trinajstić information content (AvgIpc) is 2.68. The van der Waals surface area contributed by atoms with Crippen molar-refractivity contribution in [3.05, 3.63) is 64.2 Å². The summed E-state index contributed by atoms with van der Waals surface area (Å²) in [7, 11) is 1.88. The molecule has 1 heterocycles. The number of carbonyl (C=O) groups excluding carboxylic acids is 1. The Hall–Kier alpha value is -2.64. The first-order valence-corrected chi connectivity index (χ1v) is 8.65. The fourth-order valence-corrected chi connectivity index (χ4v) is 3.18. The molecule has 1 aliphatic rings. The SMILES string of the molecule is CNC1CCCN(C(=O)c2ccc(Nc3ccccc3)c([N+](=O)[O-])c2)C1.Cl. The lowest BCUT2D eigenvalue weighted by atomic mass is 10.0. The molecule has 0 aliphatic carbocycles. The Morgan fingerprint density at radius 1 is 1.22 bits per heavy atom. The Morgan fingerprint density at radius 3 is 2.63 bits per heavy atom. The monoisotopic (exact) mass is 390 g/mol. The zero-order valence-electron chi connectivity index (χ0n) is 15.1. The van der Waals surface area contributed by atoms with Gasteiger partial charge in [0.15, 0.2) is 0 Å². The van der Waals surface area contributed by atoms with Crippen molar-refractivity contribution in [1.29, 1.82) is 0 Å². The largest absolute Gasteiger partial charge is 0.350 e. The number of hydrogen-bond acceptors (Lipinski definition) is 5. The number of anilines is 2. The molecular weight excluding hydrogens is 368 g/mol. The second-order valence-electron chi connectivity index (χ2n) is 6.36. The number of piperidine rings is 1. The van der Waals surface area contributed by atoms with Gasteiger partial charge in [0.05, 0.1) is 4.92 Å². The predicted octanol–water partition coefficient (Wildman–Crippen LogP) is 3.58. The molecule has 0 spiro atoms. The number of likely N-dealkylation sites (N-methyl/N-ethyl adjacent to an activating group) is 1. The normalized spacial score (nSPS) is 16.3. The lowest BCUT2D eigenvalue weighted by molar-refractivity contribution is -0.383. The summed E-state index contributed by atoms with van der Waals surface area (Å²) in [6.45, 7) is 1.29. The molecule has 2 N–H and O–H groups in total. The topological polar surface area (TPSA) is 87.5 Å². The van der Waals surface area contributed by atoms with Crippen molar-refractivity contribution in [3.8, 4) is 0 Å². The van der Waals surface area contributed by atoms with Crippen LogP contribution in [0.5, 0.6) is 0 Å². The summed E-state index contributed by atoms with van der Waals surface area (Å²) in [6.07, 6.45) is 1.95. The minimum Gasteiger partial charge on any atom is -0.350 e. The molecule has 2 aromatic carbocycles. The zero-order chi connectivity index (χ0) is 18.5. The van der Waals surface area contributed by atoms with E-state index in [0.29, 0.717) is 24.3 Å². The van der Waals surface area contributed by atoms with E-state index in [-0.39, 0.29) is 30.0 Å². The van der Waals surface area contributed by atoms with E-state index in [2.05, 4.69) is 10.6 Å². The molecule has 0 bridgehead atoms. The molecule has 0 saturated carbocycles. The van der Waals surface area contributed by atoms with E-state index < -0.39 is 4.92 Å². The van der Waals surface area contributed by atoms with Gasteiger partial charge < -0.3 is 15.5 Å². The van der Waals surface area contributed by atoms with E-state index in [0.717, 1.165) is 18.5 Å². The van der Waals surface area contributed by atoms with E-state index in [9.17, 15) is 14.9 Å². The molecule has 1 fully saturated rings. The van der Waals surface area contributed by atoms with E-state index in [1.807, 2.05) is 37.4 Å². The Morgan fingerprint density at radius 2 is 1.96 bits per heavy atom. The average molecular weight is 391 g/mol. The van der Waals surface area contributed by atoms with Crippen LogP contribution in [0.4, 0.5) is 17.1 Å². The van der Waals surface area contributed by atoms with Crippen LogP contribution in [0.2, 0.25) is 0 Å². The highest BCUT2D eigenvalue weighted by Crippen LogP contribution is 2.29. The van der Waals surface area contributed by atoms with Crippen LogP contribution in [-0.2, 0) is 0 Å². The van der Waals surface area contributed by atoms with Gasteiger partial charge in [-0.15, -0.1) is 12.4 Å². The third kappa shape index (κ3) is 4.96. The van der Waals surface area contributed by atoms with Gasteiger partial charge in [-0.25, -0.2) is 0 Å². The summed E-state index contributed by atoms with van der Waals surface area (Å²) in [6, 6.07) is 14.1. The third-order valence-corrected chi connectivity index (χ3v) is 4.61. The van der Waals surface area contributed by atoms with Crippen molar-refractivity contribution in [2.24, 2.45) is 0 Å². The quantitative estimate of drug-likeness (QED) is 0.601. The van der Waals surface area contributed by atoms with Crippen LogP contribution in [-0.4, -0.2) is 41.9 Å². The molecule has 1 atom stereocenters. The number of benzene rings is 2. The number of nitrogens with zero attached hydrogens (tertiary/aromatic N) is 2. The number of rotatable bonds is 5. The standard InChI is InChI=1S/C19H22N4O3.ClH/c1-20-16-8-5-11-22(13-16)19(24)14-9-10-17(18(12-14)23(25)26)21-15-6-3-2-4-7-15;/h2-4,6-7,9-10,12,16,20-21H,5,8,11,13H2,1H3;1H. The van der Waals surface area contributed by atoms with Gasteiger partial charge in [0.1, 0.15) is 5.69 Å². The van der Waals surface area contributed by atoms with Crippen molar-refractivity contribution in [3.63, 3.8) is 0 Å². The number of nitro groups is 1. The number of nitro benzene ring substituents is 1. The predicted molar refractivity (Wildman–Crippen MR) is 108 cm³/mol. The molecule has 2 aromatic rings. The summed E-state index contributed by atoms with van der Waals surface area (Å²) in [5, 5.41) is 17.7. The summed E-state index contributed by atoms with van der Waals surface area (Å²) < 4.78 is 0. The van der Waals surface area contributed by atoms with Crippen LogP contribution in [0, 0.1) is 10.1 Å². The van der Waals surface area contributed by atoms with Gasteiger partial charge in [-0.05, 0) is 44.2 Å². The first-order chi connectivity index (χ1) is 12.6. The van der Waals surface area contributed by atoms with E-state index >= 15 is 0 Å². The maximum Gasteiger partial charge on any atom is 0.293 e. The Labute approximate surface area is 164 Å². The van der Waals surface area contributed by atoms with Crippen molar-refractivity contribution >= 4 is 35.4 Å². The van der Waals surface area contributed by atoms with Crippen molar-refractivity contribution in [2.75, 3.05) is 25.5 Å². The Kier molecular flexibility index (Phi) is 7.15. The summed E-state index contributed by atoms with van der Waals surface area (Å²) in [5.41, 5.74) is 1.35. The van der Waals surface area contributed by atoms with Gasteiger partial charge in [-0.2, -0.15) is 0 Å². The van der Waals surface area contributed by atoms with Crippen LogP contribution >= 0.6 is 12.4 Å². The molecule has 1 saturated heterocycles. The molecule has 1 amide bonds. The number of nitrogens with one attached hydrogen (secondary N) is 2. The summed E-state index contributed by atoms with van der Waals surface area (Å²) in [5.74, 6) is -0.167. The molecule has 7 nitrogen and oxygen atoms in total. The first kappa shape index (κ1) is 20.7. The number of amides is 1. The maximum atomic E-state index is 12.8. The number of carbonyl (C=O) groups is 1. The van der Waals surface area contributed by atoms with Gasteiger partial charge in [0.2, 0.25) is 0 Å². The highest BCUT2D eigenvalue weighted by atomic mass is 35.5. The van der Waals surface area contributed by atoms with Crippen molar-refractivity contribution in [1.82, 2.24) is 10.2 Å². The Balaban J connectivity index is 0.00000261. The van der Waals surface area contributed by atoms with E-state index in [1.54, 1.807) is 17.0 Å². The first-order valence-electron chi connectivity index (χ1n) is 8.65. The highest BCUT2D eigenvalue weighted by molar-refractivity contribution is 5.96. The van der Waals surface area contributed by atoms with Gasteiger partial charge in [0, 0.05) is 36.4 Å². The minimum absolute atomic E-state index is 0. The van der Waals surface area contributed by atoms with Gasteiger partial charge in [-0.1, -0.05) is 18.2 Å². The lowest BCUT2D eigenvalue weighted by Crippen LogP contribution is -2.46. The molecule has 1 unspecified atom stereocenters. The second-order valence-corrected chi connectivity index (χ2v) is 6.36. The zero-order valence-corrected chi connectivity index (χ0v) is 15.9. The molecule has 1 aliphatic heterocycles. The smallest absolute Gasteiger partial charge is 0.293 e. The van der Waals surface area contributed by atoms with Gasteiger partial charge in [0.25, 0.3) is 11.6 Å². The summed E-state index contributed by atoms with van der Waals surface area (Å²) >= 11 is 0. The number of likely N-dealkylation sites (tertiary alicyclic amines) is 1. The second kappa shape index (κ2) is 9.34. The molecule has 27 heavy (non-hydrogen) atoms. The fraction of sp³-hybridized carbons (Fsp3) is 0.316. The molecule has 144 valence electrons. The number of hydrogen-bond donors (Lipinski definition) is 2. The van der Waals surface area contributed by atoms with Gasteiger partial charge >= 0.3 is 0 Å². The van der Waals surface area contributed by atoms with E-state index in [4.69, 9.17) is 0 Å². The maximum absolute atomic E-state index is 12.8. The minimum atomic E-state index is -0.464. The molecule has 0 radical (unpaired) electrons.